The van der Waals surface area contributed by atoms with Crippen molar-refractivity contribution in [2.45, 2.75) is 6.92 Å². The number of hydrogen-bond donors (Lipinski definition) is 3. The molecule has 0 saturated carbocycles. The number of rotatable bonds is 6. The van der Waals surface area contributed by atoms with E-state index in [9.17, 15) is 9.59 Å². The molecule has 0 fully saturated rings. The predicted molar refractivity (Wildman–Crippen MR) is 100 cm³/mol. The van der Waals surface area contributed by atoms with E-state index in [-0.39, 0.29) is 24.9 Å². The Hall–Kier alpha value is -2.05. The van der Waals surface area contributed by atoms with Gasteiger partial charge in [-0.3, -0.25) is 9.59 Å². The molecule has 0 saturated heterocycles. The Balaban J connectivity index is 1.75. The van der Waals surface area contributed by atoms with Gasteiger partial charge in [0.05, 0.1) is 13.1 Å². The lowest BCUT2D eigenvalue weighted by atomic mass is 10.2. The average molecular weight is 411 g/mol. The van der Waals surface area contributed by atoms with Crippen molar-refractivity contribution < 1.29 is 9.59 Å². The maximum Gasteiger partial charge on any atom is 0.243 e. The van der Waals surface area contributed by atoms with Crippen molar-refractivity contribution in [1.29, 1.82) is 0 Å². The summed E-state index contributed by atoms with van der Waals surface area (Å²) in [5, 5.41) is 8.84. The molecule has 2 rings (SSSR count). The topological polar surface area (TPSA) is 70.2 Å². The summed E-state index contributed by atoms with van der Waals surface area (Å²) in [6.45, 7) is 1.80. The zero-order valence-corrected chi connectivity index (χ0v) is 15.4. The largest absolute Gasteiger partial charge is 0.376 e. The van der Waals surface area contributed by atoms with Crippen LogP contribution in [-0.4, -0.2) is 24.9 Å². The second-order valence-electron chi connectivity index (χ2n) is 5.10. The van der Waals surface area contributed by atoms with Crippen LogP contribution < -0.4 is 16.0 Å². The van der Waals surface area contributed by atoms with E-state index in [0.717, 1.165) is 15.7 Å². The fourth-order valence-electron chi connectivity index (χ4n) is 1.93. The van der Waals surface area contributed by atoms with E-state index in [1.807, 2.05) is 31.2 Å². The van der Waals surface area contributed by atoms with Gasteiger partial charge in [0.1, 0.15) is 0 Å². The van der Waals surface area contributed by atoms with Crippen molar-refractivity contribution in [3.8, 4) is 0 Å². The van der Waals surface area contributed by atoms with Crippen LogP contribution in [0, 0.1) is 6.92 Å². The smallest absolute Gasteiger partial charge is 0.243 e. The van der Waals surface area contributed by atoms with E-state index >= 15 is 0 Å². The number of halogens is 2. The Bertz CT molecular complexity index is 735. The first-order chi connectivity index (χ1) is 11.5. The second-order valence-corrected chi connectivity index (χ2v) is 6.42. The van der Waals surface area contributed by atoms with Crippen LogP contribution in [0.25, 0.3) is 0 Å². The molecule has 7 heteroatoms. The lowest BCUT2D eigenvalue weighted by Gasteiger charge is -2.11. The van der Waals surface area contributed by atoms with Gasteiger partial charge < -0.3 is 16.0 Å². The Morgan fingerprint density at radius 3 is 2.46 bits per heavy atom. The molecule has 0 bridgehead atoms. The fourth-order valence-corrected chi connectivity index (χ4v) is 2.37. The molecule has 0 atom stereocenters. The highest BCUT2D eigenvalue weighted by Gasteiger charge is 2.08. The molecule has 0 aliphatic carbocycles. The van der Waals surface area contributed by atoms with Crippen molar-refractivity contribution >= 4 is 50.7 Å². The van der Waals surface area contributed by atoms with Crippen molar-refractivity contribution in [2.75, 3.05) is 23.7 Å². The molecule has 0 radical (unpaired) electrons. The normalized spacial score (nSPS) is 10.1. The van der Waals surface area contributed by atoms with Crippen LogP contribution in [0.2, 0.25) is 5.02 Å². The minimum Gasteiger partial charge on any atom is -0.376 e. The SMILES string of the molecule is Cc1c(Cl)cccc1NC(=O)CNC(=O)CNc1ccc(Br)cc1. The van der Waals surface area contributed by atoms with E-state index in [2.05, 4.69) is 31.9 Å². The highest BCUT2D eigenvalue weighted by molar-refractivity contribution is 9.10. The van der Waals surface area contributed by atoms with E-state index < -0.39 is 0 Å². The lowest BCUT2D eigenvalue weighted by Crippen LogP contribution is -2.36. The molecule has 0 spiro atoms. The molecule has 0 aliphatic rings. The minimum absolute atomic E-state index is 0.0884. The summed E-state index contributed by atoms with van der Waals surface area (Å²) in [5.41, 5.74) is 2.25. The van der Waals surface area contributed by atoms with Crippen LogP contribution in [0.15, 0.2) is 46.9 Å². The number of nitrogens with one attached hydrogen (secondary N) is 3. The minimum atomic E-state index is -0.308. The quantitative estimate of drug-likeness (QED) is 0.682. The molecule has 126 valence electrons. The van der Waals surface area contributed by atoms with Gasteiger partial charge in [-0.25, -0.2) is 0 Å². The molecule has 2 amide bonds. The molecule has 2 aromatic carbocycles. The number of carbonyl (C=O) groups is 2. The highest BCUT2D eigenvalue weighted by atomic mass is 79.9. The summed E-state index contributed by atoms with van der Waals surface area (Å²) < 4.78 is 0.963. The molecule has 3 N–H and O–H groups in total. The van der Waals surface area contributed by atoms with E-state index in [1.165, 1.54) is 0 Å². The molecular weight excluding hydrogens is 394 g/mol. The molecular formula is C17H17BrClN3O2. The summed E-state index contributed by atoms with van der Waals surface area (Å²) in [7, 11) is 0. The van der Waals surface area contributed by atoms with Gasteiger partial charge >= 0.3 is 0 Å². The van der Waals surface area contributed by atoms with Crippen LogP contribution in [0.3, 0.4) is 0 Å². The predicted octanol–water partition coefficient (Wildman–Crippen LogP) is 3.58. The third kappa shape index (κ3) is 5.54. The van der Waals surface area contributed by atoms with Gasteiger partial charge in [0.25, 0.3) is 0 Å². The van der Waals surface area contributed by atoms with Gasteiger partial charge in [-0.05, 0) is 48.9 Å². The molecule has 0 aliphatic heterocycles. The maximum absolute atomic E-state index is 11.9. The maximum atomic E-state index is 11.9. The van der Waals surface area contributed by atoms with E-state index in [0.29, 0.717) is 10.7 Å². The summed E-state index contributed by atoms with van der Waals surface area (Å²) >= 11 is 9.34. The van der Waals surface area contributed by atoms with Gasteiger partial charge in [-0.15, -0.1) is 0 Å². The Kier molecular flexibility index (Phi) is 6.63. The first-order valence-electron chi connectivity index (χ1n) is 7.27. The average Bonchev–Trinajstić information content (AvgIpc) is 2.56. The van der Waals surface area contributed by atoms with Gasteiger partial charge in [0.15, 0.2) is 0 Å². The van der Waals surface area contributed by atoms with Crippen LogP contribution in [-0.2, 0) is 9.59 Å². The third-order valence-electron chi connectivity index (χ3n) is 3.29. The standard InChI is InChI=1S/C17H17BrClN3O2/c1-11-14(19)3-2-4-15(11)22-17(24)10-21-16(23)9-20-13-7-5-12(18)6-8-13/h2-8,20H,9-10H2,1H3,(H,21,23)(H,22,24). The summed E-state index contributed by atoms with van der Waals surface area (Å²) in [4.78, 5) is 23.7. The molecule has 0 unspecified atom stereocenters. The van der Waals surface area contributed by atoms with Crippen molar-refractivity contribution in [3.05, 3.63) is 57.5 Å². The summed E-state index contributed by atoms with van der Waals surface area (Å²) in [6.07, 6.45) is 0. The van der Waals surface area contributed by atoms with E-state index in [1.54, 1.807) is 18.2 Å². The summed E-state index contributed by atoms with van der Waals surface area (Å²) in [6, 6.07) is 12.7. The molecule has 2 aromatic rings. The van der Waals surface area contributed by atoms with Crippen molar-refractivity contribution in [2.24, 2.45) is 0 Å². The van der Waals surface area contributed by atoms with Gasteiger partial charge in [0, 0.05) is 20.9 Å². The van der Waals surface area contributed by atoms with Crippen LogP contribution in [0.4, 0.5) is 11.4 Å². The number of carbonyl (C=O) groups excluding carboxylic acids is 2. The number of anilines is 2. The molecule has 0 aromatic heterocycles. The van der Waals surface area contributed by atoms with Crippen LogP contribution in [0.5, 0.6) is 0 Å². The first-order valence-corrected chi connectivity index (χ1v) is 8.44. The monoisotopic (exact) mass is 409 g/mol. The molecule has 24 heavy (non-hydrogen) atoms. The Morgan fingerprint density at radius 2 is 1.75 bits per heavy atom. The van der Waals surface area contributed by atoms with Crippen molar-refractivity contribution in [1.82, 2.24) is 5.32 Å². The molecule has 0 heterocycles. The van der Waals surface area contributed by atoms with Crippen LogP contribution in [0.1, 0.15) is 5.56 Å². The lowest BCUT2D eigenvalue weighted by molar-refractivity contribution is -0.122. The Morgan fingerprint density at radius 1 is 1.04 bits per heavy atom. The fraction of sp³-hybridized carbons (Fsp3) is 0.176. The molecule has 5 nitrogen and oxygen atoms in total. The first kappa shape index (κ1) is 18.3. The number of benzene rings is 2. The summed E-state index contributed by atoms with van der Waals surface area (Å²) in [5.74, 6) is -0.576. The van der Waals surface area contributed by atoms with Crippen LogP contribution >= 0.6 is 27.5 Å². The Labute approximate surface area is 153 Å². The van der Waals surface area contributed by atoms with Gasteiger partial charge in [0.2, 0.25) is 11.8 Å². The van der Waals surface area contributed by atoms with Gasteiger partial charge in [-0.1, -0.05) is 33.6 Å². The van der Waals surface area contributed by atoms with Crippen molar-refractivity contribution in [3.63, 3.8) is 0 Å². The van der Waals surface area contributed by atoms with Gasteiger partial charge in [-0.2, -0.15) is 0 Å². The van der Waals surface area contributed by atoms with E-state index in [4.69, 9.17) is 11.6 Å². The highest BCUT2D eigenvalue weighted by Crippen LogP contribution is 2.22. The number of amides is 2. The third-order valence-corrected chi connectivity index (χ3v) is 4.22. The zero-order chi connectivity index (χ0) is 17.5. The second kappa shape index (κ2) is 8.70. The zero-order valence-electron chi connectivity index (χ0n) is 13.0. The number of hydrogen-bond acceptors (Lipinski definition) is 3.